The number of benzene rings is 2. The number of sulfonamides is 1. The van der Waals surface area contributed by atoms with E-state index in [1.54, 1.807) is 29.7 Å². The van der Waals surface area contributed by atoms with E-state index in [1.165, 1.54) is 32.4 Å². The molecule has 1 aromatic heterocycles. The van der Waals surface area contributed by atoms with Crippen LogP contribution >= 0.6 is 23.2 Å². The van der Waals surface area contributed by atoms with Crippen LogP contribution in [-0.4, -0.2) is 37.4 Å². The lowest BCUT2D eigenvalue weighted by atomic mass is 10.3. The molecule has 32 heavy (non-hydrogen) atoms. The van der Waals surface area contributed by atoms with Crippen LogP contribution in [0.4, 0.5) is 0 Å². The molecule has 0 radical (unpaired) electrons. The number of halogens is 2. The molecule has 3 rings (SSSR count). The molecule has 0 amide bonds. The lowest BCUT2D eigenvalue weighted by Crippen LogP contribution is -2.29. The first kappa shape index (κ1) is 24.1. The second-order valence-electron chi connectivity index (χ2n) is 6.65. The Balaban J connectivity index is 1.86. The smallest absolute Gasteiger partial charge is 0.322 e. The number of nitrogens with one attached hydrogen (secondary N) is 1. The highest BCUT2D eigenvalue weighted by atomic mass is 35.5. The zero-order chi connectivity index (χ0) is 23.5. The summed E-state index contributed by atoms with van der Waals surface area (Å²) >= 11 is 11.8. The van der Waals surface area contributed by atoms with E-state index in [2.05, 4.69) is 14.9 Å². The summed E-state index contributed by atoms with van der Waals surface area (Å²) in [5, 5.41) is 8.61. The van der Waals surface area contributed by atoms with Crippen molar-refractivity contribution in [3.63, 3.8) is 0 Å². The van der Waals surface area contributed by atoms with Crippen LogP contribution in [0.5, 0.6) is 23.3 Å². The molecule has 0 spiro atoms. The zero-order valence-electron chi connectivity index (χ0n) is 17.8. The van der Waals surface area contributed by atoms with Gasteiger partial charge in [0.2, 0.25) is 10.0 Å². The topological polar surface area (TPSA) is 105 Å². The Morgan fingerprint density at radius 2 is 1.62 bits per heavy atom. The van der Waals surface area contributed by atoms with Gasteiger partial charge >= 0.3 is 6.01 Å². The maximum absolute atomic E-state index is 12.8. The lowest BCUT2D eigenvalue weighted by molar-refractivity contribution is 0.375. The van der Waals surface area contributed by atoms with Crippen molar-refractivity contribution in [2.75, 3.05) is 14.2 Å². The second kappa shape index (κ2) is 9.95. The van der Waals surface area contributed by atoms with Crippen molar-refractivity contribution < 1.29 is 22.6 Å². The molecule has 0 saturated carbocycles. The van der Waals surface area contributed by atoms with Crippen molar-refractivity contribution in [3.8, 4) is 23.3 Å². The average molecular weight is 501 g/mol. The molecule has 3 aromatic rings. The van der Waals surface area contributed by atoms with Crippen molar-refractivity contribution >= 4 is 33.2 Å². The van der Waals surface area contributed by atoms with E-state index in [1.807, 2.05) is 6.92 Å². The van der Waals surface area contributed by atoms with Gasteiger partial charge in [-0.05, 0) is 32.0 Å². The summed E-state index contributed by atoms with van der Waals surface area (Å²) in [7, 11) is -0.818. The van der Waals surface area contributed by atoms with E-state index in [9.17, 15) is 8.42 Å². The Morgan fingerprint density at radius 1 is 1.00 bits per heavy atom. The van der Waals surface area contributed by atoms with Gasteiger partial charge in [0, 0.05) is 24.7 Å². The van der Waals surface area contributed by atoms with Crippen molar-refractivity contribution in [1.82, 2.24) is 19.5 Å². The van der Waals surface area contributed by atoms with E-state index in [0.717, 1.165) is 0 Å². The third kappa shape index (κ3) is 5.26. The summed E-state index contributed by atoms with van der Waals surface area (Å²) in [4.78, 5) is -0.0127. The summed E-state index contributed by atoms with van der Waals surface area (Å²) < 4.78 is 46.2. The molecule has 9 nitrogen and oxygen atoms in total. The van der Waals surface area contributed by atoms with Gasteiger partial charge in [-0.3, -0.25) is 4.57 Å². The summed E-state index contributed by atoms with van der Waals surface area (Å²) in [6.07, 6.45) is 0. The number of ether oxygens (including phenoxy) is 3. The molecule has 2 aromatic carbocycles. The zero-order valence-corrected chi connectivity index (χ0v) is 20.1. The molecule has 0 fully saturated rings. The first-order valence-electron chi connectivity index (χ1n) is 9.50. The van der Waals surface area contributed by atoms with Gasteiger partial charge in [0.1, 0.15) is 17.2 Å². The highest BCUT2D eigenvalue weighted by Gasteiger charge is 2.24. The molecule has 1 atom stereocenters. The molecule has 1 N–H and O–H groups in total. The van der Waals surface area contributed by atoms with E-state index in [4.69, 9.17) is 37.4 Å². The highest BCUT2D eigenvalue weighted by Crippen LogP contribution is 2.31. The van der Waals surface area contributed by atoms with Crippen molar-refractivity contribution in [2.24, 2.45) is 0 Å². The molecule has 172 valence electrons. The molecule has 0 bridgehead atoms. The molecular formula is C20H22Cl2N4O5S. The minimum Gasteiger partial charge on any atom is -0.496 e. The van der Waals surface area contributed by atoms with Gasteiger partial charge in [0.25, 0.3) is 0 Å². The summed E-state index contributed by atoms with van der Waals surface area (Å²) in [6, 6.07) is 8.62. The fraction of sp³-hybridized carbons (Fsp3) is 0.300. The fourth-order valence-electron chi connectivity index (χ4n) is 2.94. The molecule has 0 aliphatic carbocycles. The van der Waals surface area contributed by atoms with Crippen LogP contribution in [0.25, 0.3) is 0 Å². The Hall–Kier alpha value is -2.53. The van der Waals surface area contributed by atoms with Gasteiger partial charge in [-0.1, -0.05) is 28.3 Å². The predicted octanol–water partition coefficient (Wildman–Crippen LogP) is 4.45. The number of aromatic nitrogens is 3. The second-order valence-corrected chi connectivity index (χ2v) is 9.18. The van der Waals surface area contributed by atoms with E-state index in [-0.39, 0.29) is 21.0 Å². The third-order valence-electron chi connectivity index (χ3n) is 4.52. The maximum Gasteiger partial charge on any atom is 0.322 e. The first-order chi connectivity index (χ1) is 15.2. The summed E-state index contributed by atoms with van der Waals surface area (Å²) in [5.41, 5.74) is 0. The molecule has 1 heterocycles. The molecule has 0 unspecified atom stereocenters. The Morgan fingerprint density at radius 3 is 2.19 bits per heavy atom. The monoisotopic (exact) mass is 500 g/mol. The first-order valence-corrected chi connectivity index (χ1v) is 11.7. The highest BCUT2D eigenvalue weighted by molar-refractivity contribution is 7.89. The van der Waals surface area contributed by atoms with Crippen LogP contribution in [0.1, 0.15) is 25.7 Å². The largest absolute Gasteiger partial charge is 0.496 e. The van der Waals surface area contributed by atoms with E-state index >= 15 is 0 Å². The van der Waals surface area contributed by atoms with Crippen molar-refractivity contribution in [2.45, 2.75) is 31.3 Å². The molecule has 12 heteroatoms. The number of methoxy groups -OCH3 is 2. The number of rotatable bonds is 9. The quantitative estimate of drug-likeness (QED) is 0.462. The third-order valence-corrected chi connectivity index (χ3v) is 6.79. The summed E-state index contributed by atoms with van der Waals surface area (Å²) in [5.74, 6) is 1.90. The van der Waals surface area contributed by atoms with Gasteiger partial charge in [-0.15, -0.1) is 5.10 Å². The minimum absolute atomic E-state index is 0.0127. The number of hydrogen-bond donors (Lipinski definition) is 1. The molecule has 0 aliphatic rings. The van der Waals surface area contributed by atoms with Gasteiger partial charge < -0.3 is 14.2 Å². The Labute approximate surface area is 196 Å². The van der Waals surface area contributed by atoms with Crippen molar-refractivity contribution in [3.05, 3.63) is 52.3 Å². The SMILES string of the molecule is CCn1c(Oc2cc(OC)cc(OC)c2)nnc1[C@@H](C)NS(=O)(=O)c1ccc(Cl)c(Cl)c1. The van der Waals surface area contributed by atoms with E-state index < -0.39 is 16.1 Å². The van der Waals surface area contributed by atoms with Crippen LogP contribution in [0, 0.1) is 0 Å². The molecule has 0 saturated heterocycles. The normalized spacial score (nSPS) is 12.4. The Bertz CT molecular complexity index is 1190. The lowest BCUT2D eigenvalue weighted by Gasteiger charge is -2.16. The minimum atomic E-state index is -3.89. The van der Waals surface area contributed by atoms with Gasteiger partial charge in [0.15, 0.2) is 5.82 Å². The maximum atomic E-state index is 12.8. The average Bonchev–Trinajstić information content (AvgIpc) is 3.17. The van der Waals surface area contributed by atoms with Gasteiger partial charge in [-0.2, -0.15) is 0 Å². The Kier molecular flexibility index (Phi) is 7.50. The number of hydrogen-bond acceptors (Lipinski definition) is 7. The standard InChI is InChI=1S/C20H22Cl2N4O5S/c1-5-26-19(12(2)25-32(27,28)16-6-7-17(21)18(22)11-16)23-24-20(26)31-15-9-13(29-3)8-14(10-15)30-4/h6-12,25H,5H2,1-4H3/t12-/m1/s1. The van der Waals surface area contributed by atoms with Crippen LogP contribution in [0.2, 0.25) is 10.0 Å². The summed E-state index contributed by atoms with van der Waals surface area (Å²) in [6.45, 7) is 3.97. The predicted molar refractivity (Wildman–Crippen MR) is 121 cm³/mol. The van der Waals surface area contributed by atoms with Crippen LogP contribution in [0.3, 0.4) is 0 Å². The van der Waals surface area contributed by atoms with Crippen LogP contribution in [0.15, 0.2) is 41.3 Å². The molecule has 0 aliphatic heterocycles. The van der Waals surface area contributed by atoms with Gasteiger partial charge in [-0.25, -0.2) is 13.1 Å². The fourth-order valence-corrected chi connectivity index (χ4v) is 4.53. The molecular weight excluding hydrogens is 479 g/mol. The van der Waals surface area contributed by atoms with Crippen molar-refractivity contribution in [1.29, 1.82) is 0 Å². The van der Waals surface area contributed by atoms with E-state index in [0.29, 0.717) is 29.6 Å². The van der Waals surface area contributed by atoms with Gasteiger partial charge in [0.05, 0.1) is 35.2 Å². The van der Waals surface area contributed by atoms with Crippen LogP contribution in [-0.2, 0) is 16.6 Å². The number of nitrogens with zero attached hydrogens (tertiary/aromatic N) is 3. The van der Waals surface area contributed by atoms with Crippen LogP contribution < -0.4 is 18.9 Å².